The van der Waals surface area contributed by atoms with Gasteiger partial charge in [0.2, 0.25) is 5.91 Å². The van der Waals surface area contributed by atoms with E-state index in [0.717, 1.165) is 5.56 Å². The van der Waals surface area contributed by atoms with Crippen LogP contribution in [0.1, 0.15) is 12.5 Å². The summed E-state index contributed by atoms with van der Waals surface area (Å²) in [5.41, 5.74) is 7.85. The van der Waals surface area contributed by atoms with Gasteiger partial charge in [-0.2, -0.15) is 0 Å². The Labute approximate surface area is 128 Å². The van der Waals surface area contributed by atoms with Gasteiger partial charge >= 0.3 is 0 Å². The third-order valence-corrected chi connectivity index (χ3v) is 3.56. The van der Waals surface area contributed by atoms with Crippen LogP contribution in [0.2, 0.25) is 5.02 Å². The Bertz CT molecular complexity index is 613. The number of hydrogen-bond donors (Lipinski definition) is 2. The number of amides is 1. The summed E-state index contributed by atoms with van der Waals surface area (Å²) in [4.78, 5) is 14.2. The van der Waals surface area contributed by atoms with E-state index in [4.69, 9.17) is 21.8 Å². The van der Waals surface area contributed by atoms with Gasteiger partial charge in [-0.05, 0) is 38.2 Å². The SMILES string of the molecule is CC(C(=O)Nc1cc(Cl)ccc1N)N(C)Cc1ccoc1. The fraction of sp³-hybridized carbons (Fsp3) is 0.267. The normalized spacial score (nSPS) is 12.4. The summed E-state index contributed by atoms with van der Waals surface area (Å²) >= 11 is 5.91. The average molecular weight is 308 g/mol. The number of carbonyl (C=O) groups excluding carboxylic acids is 1. The van der Waals surface area contributed by atoms with Gasteiger partial charge in [0.15, 0.2) is 0 Å². The maximum atomic E-state index is 12.3. The van der Waals surface area contributed by atoms with Crippen molar-refractivity contribution in [2.24, 2.45) is 0 Å². The number of rotatable bonds is 5. The van der Waals surface area contributed by atoms with Crippen LogP contribution in [0.5, 0.6) is 0 Å². The summed E-state index contributed by atoms with van der Waals surface area (Å²) in [6.45, 7) is 2.45. The Balaban J connectivity index is 2.00. The summed E-state index contributed by atoms with van der Waals surface area (Å²) in [6.07, 6.45) is 3.27. The third-order valence-electron chi connectivity index (χ3n) is 3.33. The summed E-state index contributed by atoms with van der Waals surface area (Å²) in [6, 6.07) is 6.53. The molecule has 6 heteroatoms. The number of nitrogens with two attached hydrogens (primary N) is 1. The second kappa shape index (κ2) is 6.65. The van der Waals surface area contributed by atoms with E-state index < -0.39 is 0 Å². The highest BCUT2D eigenvalue weighted by Gasteiger charge is 2.19. The number of halogens is 1. The number of anilines is 2. The zero-order valence-corrected chi connectivity index (χ0v) is 12.7. The van der Waals surface area contributed by atoms with Gasteiger partial charge in [0, 0.05) is 17.1 Å². The first kappa shape index (κ1) is 15.4. The fourth-order valence-corrected chi connectivity index (χ4v) is 2.05. The molecular formula is C15H18ClN3O2. The lowest BCUT2D eigenvalue weighted by Crippen LogP contribution is -2.39. The maximum absolute atomic E-state index is 12.3. The molecule has 0 radical (unpaired) electrons. The molecule has 1 atom stereocenters. The average Bonchev–Trinajstić information content (AvgIpc) is 2.94. The Morgan fingerprint density at radius 2 is 2.24 bits per heavy atom. The number of likely N-dealkylation sites (N-methyl/N-ethyl adjacent to an activating group) is 1. The van der Waals surface area contributed by atoms with Crippen molar-refractivity contribution in [3.8, 4) is 0 Å². The zero-order valence-electron chi connectivity index (χ0n) is 12.0. The van der Waals surface area contributed by atoms with Crippen molar-refractivity contribution in [1.82, 2.24) is 4.90 Å². The Morgan fingerprint density at radius 1 is 1.48 bits per heavy atom. The third kappa shape index (κ3) is 4.00. The molecule has 0 aliphatic rings. The molecule has 1 aromatic carbocycles. The predicted molar refractivity (Wildman–Crippen MR) is 84.1 cm³/mol. The molecule has 2 aromatic rings. The van der Waals surface area contributed by atoms with Crippen LogP contribution in [0.15, 0.2) is 41.2 Å². The smallest absolute Gasteiger partial charge is 0.241 e. The molecular weight excluding hydrogens is 290 g/mol. The molecule has 0 saturated carbocycles. The first-order valence-electron chi connectivity index (χ1n) is 6.54. The Hall–Kier alpha value is -1.98. The van der Waals surface area contributed by atoms with E-state index in [0.29, 0.717) is 22.9 Å². The molecule has 0 fully saturated rings. The molecule has 5 nitrogen and oxygen atoms in total. The van der Waals surface area contributed by atoms with Crippen LogP contribution >= 0.6 is 11.6 Å². The van der Waals surface area contributed by atoms with E-state index in [2.05, 4.69) is 5.32 Å². The number of nitrogens with one attached hydrogen (secondary N) is 1. The van der Waals surface area contributed by atoms with Gasteiger partial charge in [-0.3, -0.25) is 9.69 Å². The Morgan fingerprint density at radius 3 is 2.90 bits per heavy atom. The van der Waals surface area contributed by atoms with Gasteiger partial charge < -0.3 is 15.5 Å². The highest BCUT2D eigenvalue weighted by Crippen LogP contribution is 2.23. The Kier molecular flexibility index (Phi) is 4.88. The minimum atomic E-state index is -0.321. The highest BCUT2D eigenvalue weighted by molar-refractivity contribution is 6.31. The number of carbonyl (C=O) groups is 1. The largest absolute Gasteiger partial charge is 0.472 e. The topological polar surface area (TPSA) is 71.5 Å². The second-order valence-electron chi connectivity index (χ2n) is 4.94. The van der Waals surface area contributed by atoms with E-state index in [-0.39, 0.29) is 11.9 Å². The van der Waals surface area contributed by atoms with E-state index in [1.54, 1.807) is 30.7 Å². The maximum Gasteiger partial charge on any atom is 0.241 e. The predicted octanol–water partition coefficient (Wildman–Crippen LogP) is 2.97. The van der Waals surface area contributed by atoms with Crippen molar-refractivity contribution in [3.63, 3.8) is 0 Å². The minimum absolute atomic E-state index is 0.144. The molecule has 1 aromatic heterocycles. The number of nitrogen functional groups attached to an aromatic ring is 1. The summed E-state index contributed by atoms with van der Waals surface area (Å²) in [5.74, 6) is -0.144. The van der Waals surface area contributed by atoms with E-state index >= 15 is 0 Å². The lowest BCUT2D eigenvalue weighted by molar-refractivity contribution is -0.120. The van der Waals surface area contributed by atoms with Crippen molar-refractivity contribution >= 4 is 28.9 Å². The molecule has 0 aliphatic heterocycles. The summed E-state index contributed by atoms with van der Waals surface area (Å²) < 4.78 is 5.02. The second-order valence-corrected chi connectivity index (χ2v) is 5.38. The molecule has 3 N–H and O–H groups in total. The van der Waals surface area contributed by atoms with Crippen molar-refractivity contribution < 1.29 is 9.21 Å². The van der Waals surface area contributed by atoms with Crippen LogP contribution in [0.25, 0.3) is 0 Å². The molecule has 0 aliphatic carbocycles. The van der Waals surface area contributed by atoms with Crippen molar-refractivity contribution in [2.75, 3.05) is 18.1 Å². The molecule has 0 bridgehead atoms. The monoisotopic (exact) mass is 307 g/mol. The molecule has 0 saturated heterocycles. The number of furan rings is 1. The minimum Gasteiger partial charge on any atom is -0.472 e. The molecule has 21 heavy (non-hydrogen) atoms. The summed E-state index contributed by atoms with van der Waals surface area (Å²) in [5, 5.41) is 3.32. The van der Waals surface area contributed by atoms with E-state index in [1.165, 1.54) is 0 Å². The van der Waals surface area contributed by atoms with Gasteiger partial charge in [0.1, 0.15) is 0 Å². The van der Waals surface area contributed by atoms with Crippen LogP contribution in [0, 0.1) is 0 Å². The standard InChI is InChI=1S/C15H18ClN3O2/c1-10(19(2)8-11-5-6-21-9-11)15(20)18-14-7-12(16)3-4-13(14)17/h3-7,9-10H,8,17H2,1-2H3,(H,18,20). The van der Waals surface area contributed by atoms with Crippen molar-refractivity contribution in [2.45, 2.75) is 19.5 Å². The van der Waals surface area contributed by atoms with Gasteiger partial charge in [0.25, 0.3) is 0 Å². The summed E-state index contributed by atoms with van der Waals surface area (Å²) in [7, 11) is 1.87. The van der Waals surface area contributed by atoms with Gasteiger partial charge in [-0.25, -0.2) is 0 Å². The fourth-order valence-electron chi connectivity index (χ4n) is 1.88. The van der Waals surface area contributed by atoms with Crippen LogP contribution in [-0.2, 0) is 11.3 Å². The van der Waals surface area contributed by atoms with Crippen LogP contribution in [0.4, 0.5) is 11.4 Å². The van der Waals surface area contributed by atoms with E-state index in [9.17, 15) is 4.79 Å². The highest BCUT2D eigenvalue weighted by atomic mass is 35.5. The van der Waals surface area contributed by atoms with Gasteiger partial charge in [-0.15, -0.1) is 0 Å². The molecule has 1 unspecified atom stereocenters. The lowest BCUT2D eigenvalue weighted by atomic mass is 10.2. The first-order chi connectivity index (χ1) is 9.97. The van der Waals surface area contributed by atoms with Crippen LogP contribution in [0.3, 0.4) is 0 Å². The first-order valence-corrected chi connectivity index (χ1v) is 6.92. The quantitative estimate of drug-likeness (QED) is 0.833. The van der Waals surface area contributed by atoms with Crippen LogP contribution < -0.4 is 11.1 Å². The van der Waals surface area contributed by atoms with Crippen LogP contribution in [-0.4, -0.2) is 23.9 Å². The zero-order chi connectivity index (χ0) is 15.4. The molecule has 112 valence electrons. The molecule has 2 rings (SSSR count). The van der Waals surface area contributed by atoms with Gasteiger partial charge in [-0.1, -0.05) is 11.6 Å². The molecule has 1 amide bonds. The number of hydrogen-bond acceptors (Lipinski definition) is 4. The number of benzene rings is 1. The van der Waals surface area contributed by atoms with Crippen molar-refractivity contribution in [1.29, 1.82) is 0 Å². The van der Waals surface area contributed by atoms with Gasteiger partial charge in [0.05, 0.1) is 29.9 Å². The van der Waals surface area contributed by atoms with E-state index in [1.807, 2.05) is 24.9 Å². The molecule has 0 spiro atoms. The molecule has 1 heterocycles. The van der Waals surface area contributed by atoms with Crippen molar-refractivity contribution in [3.05, 3.63) is 47.4 Å². The lowest BCUT2D eigenvalue weighted by Gasteiger charge is -2.23. The number of nitrogens with zero attached hydrogens (tertiary/aromatic N) is 1.